The number of carbonyl (C=O) groups excluding carboxylic acids is 1. The molecule has 1 aromatic carbocycles. The summed E-state index contributed by atoms with van der Waals surface area (Å²) in [4.78, 5) is 14.4. The molecule has 0 spiro atoms. The molecule has 6 nitrogen and oxygen atoms in total. The molecule has 1 amide bonds. The molecular weight excluding hydrogens is 345 g/mol. The minimum atomic E-state index is -0.296. The molecule has 1 saturated heterocycles. The first kappa shape index (κ1) is 19.3. The van der Waals surface area contributed by atoms with Crippen LogP contribution >= 0.6 is 12.4 Å². The summed E-state index contributed by atoms with van der Waals surface area (Å²) in [5.41, 5.74) is 7.07. The quantitative estimate of drug-likeness (QED) is 0.901. The van der Waals surface area contributed by atoms with Crippen molar-refractivity contribution in [3.05, 3.63) is 47.5 Å². The van der Waals surface area contributed by atoms with E-state index in [-0.39, 0.29) is 35.6 Å². The first-order valence-electron chi connectivity index (χ1n) is 8.04. The molecule has 0 radical (unpaired) electrons. The Kier molecular flexibility index (Phi) is 5.80. The third-order valence-electron chi connectivity index (χ3n) is 4.59. The van der Waals surface area contributed by atoms with Crippen molar-refractivity contribution >= 4 is 18.3 Å². The van der Waals surface area contributed by atoms with Crippen molar-refractivity contribution < 1.29 is 9.18 Å². The summed E-state index contributed by atoms with van der Waals surface area (Å²) in [5.74, 6) is -0.434. The molecule has 1 atom stereocenters. The molecule has 1 aliphatic rings. The van der Waals surface area contributed by atoms with Gasteiger partial charge in [0.15, 0.2) is 5.69 Å². The Balaban J connectivity index is 0.00000225. The van der Waals surface area contributed by atoms with Gasteiger partial charge in [0.25, 0.3) is 5.91 Å². The molecule has 25 heavy (non-hydrogen) atoms. The van der Waals surface area contributed by atoms with Gasteiger partial charge in [-0.25, -0.2) is 9.07 Å². The van der Waals surface area contributed by atoms with Crippen LogP contribution in [-0.4, -0.2) is 44.9 Å². The zero-order valence-corrected chi connectivity index (χ0v) is 15.2. The molecule has 1 fully saturated rings. The minimum Gasteiger partial charge on any atom is -0.337 e. The van der Waals surface area contributed by atoms with Gasteiger partial charge in [-0.2, -0.15) is 0 Å². The summed E-state index contributed by atoms with van der Waals surface area (Å²) in [5, 5.41) is 7.95. The van der Waals surface area contributed by atoms with E-state index >= 15 is 0 Å². The summed E-state index contributed by atoms with van der Waals surface area (Å²) in [6.45, 7) is 5.73. The Morgan fingerprint density at radius 3 is 2.88 bits per heavy atom. The van der Waals surface area contributed by atoms with Crippen LogP contribution in [0.2, 0.25) is 0 Å². The van der Waals surface area contributed by atoms with Crippen molar-refractivity contribution in [3.8, 4) is 0 Å². The Morgan fingerprint density at radius 2 is 2.20 bits per heavy atom. The van der Waals surface area contributed by atoms with Gasteiger partial charge >= 0.3 is 0 Å². The number of hydrogen-bond donors (Lipinski definition) is 1. The predicted molar refractivity (Wildman–Crippen MR) is 95.0 cm³/mol. The van der Waals surface area contributed by atoms with Crippen molar-refractivity contribution in [1.82, 2.24) is 19.9 Å². The number of rotatable bonds is 3. The number of nitrogens with two attached hydrogens (primary N) is 1. The van der Waals surface area contributed by atoms with Crippen molar-refractivity contribution in [2.24, 2.45) is 11.1 Å². The Bertz CT molecular complexity index is 748. The topological polar surface area (TPSA) is 77.0 Å². The van der Waals surface area contributed by atoms with Gasteiger partial charge in [-0.05, 0) is 29.5 Å². The average molecular weight is 368 g/mol. The van der Waals surface area contributed by atoms with E-state index in [0.29, 0.717) is 25.3 Å². The van der Waals surface area contributed by atoms with Gasteiger partial charge in [0, 0.05) is 19.1 Å². The third-order valence-corrected chi connectivity index (χ3v) is 4.59. The van der Waals surface area contributed by atoms with Crippen molar-refractivity contribution in [1.29, 1.82) is 0 Å². The van der Waals surface area contributed by atoms with Gasteiger partial charge in [-0.1, -0.05) is 31.2 Å². The SMILES string of the molecule is CC1(C)CN(C(=O)c2cn(Cc3cccc(F)c3)nn2)CCC1N.Cl. The number of hydrogen-bond acceptors (Lipinski definition) is 4. The van der Waals surface area contributed by atoms with Crippen LogP contribution in [0.1, 0.15) is 36.3 Å². The number of benzene rings is 1. The molecule has 8 heteroatoms. The van der Waals surface area contributed by atoms with Crippen molar-refractivity contribution in [2.75, 3.05) is 13.1 Å². The second-order valence-electron chi connectivity index (χ2n) is 7.04. The van der Waals surface area contributed by atoms with E-state index in [1.165, 1.54) is 12.1 Å². The van der Waals surface area contributed by atoms with Crippen LogP contribution in [-0.2, 0) is 6.54 Å². The largest absolute Gasteiger partial charge is 0.337 e. The van der Waals surface area contributed by atoms with E-state index in [0.717, 1.165) is 12.0 Å². The van der Waals surface area contributed by atoms with Gasteiger partial charge in [0.05, 0.1) is 12.7 Å². The smallest absolute Gasteiger partial charge is 0.276 e. The van der Waals surface area contributed by atoms with Crippen molar-refractivity contribution in [2.45, 2.75) is 32.9 Å². The molecule has 1 unspecified atom stereocenters. The maximum Gasteiger partial charge on any atom is 0.276 e. The lowest BCUT2D eigenvalue weighted by atomic mass is 9.79. The molecular formula is C17H23ClFN5O. The molecule has 0 aliphatic carbocycles. The van der Waals surface area contributed by atoms with E-state index < -0.39 is 0 Å². The highest BCUT2D eigenvalue weighted by molar-refractivity contribution is 5.92. The van der Waals surface area contributed by atoms with Crippen LogP contribution in [0.3, 0.4) is 0 Å². The zero-order valence-electron chi connectivity index (χ0n) is 14.4. The maximum atomic E-state index is 13.2. The van der Waals surface area contributed by atoms with Crippen LogP contribution in [0.25, 0.3) is 0 Å². The fourth-order valence-electron chi connectivity index (χ4n) is 3.01. The second-order valence-corrected chi connectivity index (χ2v) is 7.04. The van der Waals surface area contributed by atoms with E-state index in [4.69, 9.17) is 5.73 Å². The molecule has 1 aliphatic heterocycles. The summed E-state index contributed by atoms with van der Waals surface area (Å²) in [7, 11) is 0. The third kappa shape index (κ3) is 4.35. The van der Waals surface area contributed by atoms with Gasteiger partial charge in [0.1, 0.15) is 5.82 Å². The van der Waals surface area contributed by atoms with E-state index in [9.17, 15) is 9.18 Å². The van der Waals surface area contributed by atoms with Crippen molar-refractivity contribution in [3.63, 3.8) is 0 Å². The molecule has 2 N–H and O–H groups in total. The number of amides is 1. The van der Waals surface area contributed by atoms with Crippen LogP contribution < -0.4 is 5.73 Å². The summed E-state index contributed by atoms with van der Waals surface area (Å²) in [6.07, 6.45) is 2.38. The molecule has 2 heterocycles. The fourth-order valence-corrected chi connectivity index (χ4v) is 3.01. The minimum absolute atomic E-state index is 0. The Hall–Kier alpha value is -1.99. The Morgan fingerprint density at radius 1 is 1.44 bits per heavy atom. The van der Waals surface area contributed by atoms with Crippen LogP contribution in [0.15, 0.2) is 30.5 Å². The number of nitrogens with zero attached hydrogens (tertiary/aromatic N) is 4. The highest BCUT2D eigenvalue weighted by Gasteiger charge is 2.36. The standard InChI is InChI=1S/C17H22FN5O.ClH/c1-17(2)11-22(7-6-15(17)19)16(24)14-10-23(21-20-14)9-12-4-3-5-13(18)8-12;/h3-5,8,10,15H,6-7,9,11,19H2,1-2H3;1H. The van der Waals surface area contributed by atoms with Crippen LogP contribution in [0.5, 0.6) is 0 Å². The highest BCUT2D eigenvalue weighted by atomic mass is 35.5. The maximum absolute atomic E-state index is 13.2. The molecule has 0 saturated carbocycles. The lowest BCUT2D eigenvalue weighted by Gasteiger charge is -2.42. The summed E-state index contributed by atoms with van der Waals surface area (Å²) in [6, 6.07) is 6.37. The van der Waals surface area contributed by atoms with Crippen LogP contribution in [0.4, 0.5) is 4.39 Å². The molecule has 0 bridgehead atoms. The van der Waals surface area contributed by atoms with E-state index in [1.807, 2.05) is 0 Å². The van der Waals surface area contributed by atoms with Crippen LogP contribution in [0, 0.1) is 11.2 Å². The lowest BCUT2D eigenvalue weighted by molar-refractivity contribution is 0.0527. The number of piperidine rings is 1. The molecule has 1 aromatic heterocycles. The first-order valence-corrected chi connectivity index (χ1v) is 8.04. The normalized spacial score (nSPS) is 19.4. The van der Waals surface area contributed by atoms with Gasteiger partial charge in [-0.15, -0.1) is 17.5 Å². The number of aromatic nitrogens is 3. The number of carbonyl (C=O) groups is 1. The molecule has 136 valence electrons. The number of halogens is 2. The lowest BCUT2D eigenvalue weighted by Crippen LogP contribution is -2.54. The fraction of sp³-hybridized carbons (Fsp3) is 0.471. The van der Waals surface area contributed by atoms with E-state index in [1.54, 1.807) is 27.9 Å². The first-order chi connectivity index (χ1) is 11.3. The summed E-state index contributed by atoms with van der Waals surface area (Å²) < 4.78 is 14.8. The van der Waals surface area contributed by atoms with E-state index in [2.05, 4.69) is 24.2 Å². The molecule has 2 aromatic rings. The van der Waals surface area contributed by atoms with Gasteiger partial charge in [0.2, 0.25) is 0 Å². The Labute approximate surface area is 152 Å². The number of likely N-dealkylation sites (tertiary alicyclic amines) is 1. The molecule has 3 rings (SSSR count). The van der Waals surface area contributed by atoms with Gasteiger partial charge in [-0.3, -0.25) is 4.79 Å². The van der Waals surface area contributed by atoms with Gasteiger partial charge < -0.3 is 10.6 Å². The zero-order chi connectivity index (χ0) is 17.3. The highest BCUT2D eigenvalue weighted by Crippen LogP contribution is 2.28. The predicted octanol–water partition coefficient (Wildman–Crippen LogP) is 2.09. The average Bonchev–Trinajstić information content (AvgIpc) is 2.97. The summed E-state index contributed by atoms with van der Waals surface area (Å²) >= 11 is 0. The monoisotopic (exact) mass is 367 g/mol. The second kappa shape index (κ2) is 7.49.